The molecular weight excluding hydrogens is 566 g/mol. The minimum atomic E-state index is -0.294. The first-order chi connectivity index (χ1) is 21.7. The fraction of sp³-hybridized carbons (Fsp3) is 0.486. The van der Waals surface area contributed by atoms with Crippen molar-refractivity contribution in [1.82, 2.24) is 10.3 Å². The van der Waals surface area contributed by atoms with E-state index in [9.17, 15) is 14.4 Å². The van der Waals surface area contributed by atoms with Gasteiger partial charge in [-0.3, -0.25) is 14.4 Å². The van der Waals surface area contributed by atoms with Crippen LogP contribution in [0.3, 0.4) is 0 Å². The molecule has 2 N–H and O–H groups in total. The lowest BCUT2D eigenvalue weighted by Gasteiger charge is -2.39. The van der Waals surface area contributed by atoms with E-state index in [1.54, 1.807) is 0 Å². The van der Waals surface area contributed by atoms with Gasteiger partial charge in [0.05, 0.1) is 0 Å². The topological polar surface area (TPSA) is 101 Å². The van der Waals surface area contributed by atoms with Crippen LogP contribution in [-0.2, 0) is 22.4 Å². The predicted molar refractivity (Wildman–Crippen MR) is 176 cm³/mol. The van der Waals surface area contributed by atoms with Crippen LogP contribution in [0.25, 0.3) is 11.1 Å². The quantitative estimate of drug-likeness (QED) is 0.349. The normalized spacial score (nSPS) is 18.1. The number of carbonyl (C=O) groups is 2. The third-order valence-electron chi connectivity index (χ3n) is 10.3. The number of ketones is 1. The molecule has 6 rings (SSSR count). The monoisotopic (exact) mass is 611 g/mol. The van der Waals surface area contributed by atoms with Gasteiger partial charge >= 0.3 is 0 Å². The molecule has 2 aliphatic heterocycles. The zero-order chi connectivity index (χ0) is 31.7. The molecule has 0 saturated carbocycles. The number of rotatable bonds is 7. The van der Waals surface area contributed by atoms with Gasteiger partial charge in [0.2, 0.25) is 0 Å². The van der Waals surface area contributed by atoms with Gasteiger partial charge in [-0.2, -0.15) is 0 Å². The zero-order valence-electron chi connectivity index (χ0n) is 27.0. The molecule has 3 aromatic rings. The first kappa shape index (κ1) is 31.2. The van der Waals surface area contributed by atoms with Crippen molar-refractivity contribution in [2.75, 3.05) is 37.9 Å². The number of aromatic amines is 1. The van der Waals surface area contributed by atoms with Crippen LogP contribution >= 0.6 is 0 Å². The Labute approximate surface area is 265 Å². The number of ether oxygens (including phenoxy) is 2. The second-order valence-electron chi connectivity index (χ2n) is 13.0. The summed E-state index contributed by atoms with van der Waals surface area (Å²) < 4.78 is 11.2. The van der Waals surface area contributed by atoms with E-state index in [1.807, 2.05) is 45.0 Å². The van der Waals surface area contributed by atoms with Crippen molar-refractivity contribution in [3.8, 4) is 11.1 Å². The molecule has 0 radical (unpaired) electrons. The molecule has 1 aromatic heterocycles. The number of aryl methyl sites for hydroxylation is 3. The Kier molecular flexibility index (Phi) is 8.98. The van der Waals surface area contributed by atoms with E-state index >= 15 is 0 Å². The number of fused-ring (bicyclic) bond motifs is 1. The van der Waals surface area contributed by atoms with Crippen molar-refractivity contribution < 1.29 is 19.1 Å². The number of carbonyl (C=O) groups excluding carboxylic acids is 2. The van der Waals surface area contributed by atoms with E-state index in [2.05, 4.69) is 34.3 Å². The second-order valence-corrected chi connectivity index (χ2v) is 13.0. The van der Waals surface area contributed by atoms with E-state index in [-0.39, 0.29) is 29.2 Å². The summed E-state index contributed by atoms with van der Waals surface area (Å²) in [5, 5.41) is 3.04. The van der Waals surface area contributed by atoms with Gasteiger partial charge in [0, 0.05) is 79.0 Å². The molecule has 1 spiro atoms. The molecule has 45 heavy (non-hydrogen) atoms. The van der Waals surface area contributed by atoms with Gasteiger partial charge in [0.1, 0.15) is 0 Å². The van der Waals surface area contributed by atoms with Crippen LogP contribution in [0.4, 0.5) is 5.69 Å². The number of hydrogen-bond acceptors (Lipinski definition) is 6. The molecule has 2 saturated heterocycles. The largest absolute Gasteiger partial charge is 0.381 e. The summed E-state index contributed by atoms with van der Waals surface area (Å²) in [5.41, 5.74) is 8.10. The van der Waals surface area contributed by atoms with Gasteiger partial charge in [-0.15, -0.1) is 0 Å². The van der Waals surface area contributed by atoms with Gasteiger partial charge in [-0.1, -0.05) is 18.2 Å². The minimum Gasteiger partial charge on any atom is -0.381 e. The highest BCUT2D eigenvalue weighted by molar-refractivity contribution is 6.03. The Morgan fingerprint density at radius 3 is 2.40 bits per heavy atom. The third kappa shape index (κ3) is 6.10. The van der Waals surface area contributed by atoms with Gasteiger partial charge < -0.3 is 24.7 Å². The van der Waals surface area contributed by atoms with Crippen LogP contribution in [0.15, 0.2) is 41.2 Å². The molecule has 1 amide bonds. The number of H-pyrrole nitrogens is 1. The number of nitrogens with zero attached hydrogens (tertiary/aromatic N) is 1. The number of benzene rings is 2. The van der Waals surface area contributed by atoms with Crippen LogP contribution in [0.2, 0.25) is 0 Å². The van der Waals surface area contributed by atoms with Crippen molar-refractivity contribution in [3.63, 3.8) is 0 Å². The molecule has 8 nitrogen and oxygen atoms in total. The van der Waals surface area contributed by atoms with Crippen molar-refractivity contribution in [2.45, 2.75) is 78.8 Å². The highest BCUT2D eigenvalue weighted by Crippen LogP contribution is 2.44. The van der Waals surface area contributed by atoms with Gasteiger partial charge in [0.25, 0.3) is 11.5 Å². The maximum atomic E-state index is 13.9. The van der Waals surface area contributed by atoms with Crippen molar-refractivity contribution >= 4 is 17.4 Å². The molecule has 0 unspecified atom stereocenters. The predicted octanol–water partition coefficient (Wildman–Crippen LogP) is 5.83. The first-order valence-electron chi connectivity index (χ1n) is 16.4. The maximum absolute atomic E-state index is 13.9. The number of aromatic nitrogens is 1. The van der Waals surface area contributed by atoms with Crippen molar-refractivity contribution in [3.05, 3.63) is 85.8 Å². The van der Waals surface area contributed by atoms with E-state index in [0.29, 0.717) is 30.4 Å². The molecule has 8 heteroatoms. The number of pyridine rings is 1. The van der Waals surface area contributed by atoms with Crippen LogP contribution in [0.1, 0.15) is 87.7 Å². The molecule has 1 aliphatic carbocycles. The van der Waals surface area contributed by atoms with E-state index in [0.717, 1.165) is 103 Å². The van der Waals surface area contributed by atoms with E-state index in [4.69, 9.17) is 9.47 Å². The molecule has 0 bridgehead atoms. The molecule has 238 valence electrons. The highest BCUT2D eigenvalue weighted by atomic mass is 16.5. The lowest BCUT2D eigenvalue weighted by atomic mass is 9.66. The number of amides is 1. The van der Waals surface area contributed by atoms with E-state index < -0.39 is 0 Å². The standard InChI is InChI=1S/C37H45N3O5/c1-5-40(29-9-14-44-15-10-29)33-21-28(20-31(25(33)4)35(42)38-22-32-23(2)18-24(3)39-36(32)43)26-6-7-30-27(19-26)8-11-37(34(30)41)12-16-45-17-13-37/h6-7,18-21,29H,5,8-17,22H2,1-4H3,(H,38,42)(H,39,43). The number of nitrogens with one attached hydrogen (secondary N) is 2. The summed E-state index contributed by atoms with van der Waals surface area (Å²) in [7, 11) is 0. The number of Topliss-reactive ketones (excluding diaryl/α,β-unsaturated/α-hetero) is 1. The van der Waals surface area contributed by atoms with Crippen LogP contribution < -0.4 is 15.8 Å². The second kappa shape index (κ2) is 12.9. The molecule has 3 heterocycles. The average molecular weight is 612 g/mol. The summed E-state index contributed by atoms with van der Waals surface area (Å²) in [5.74, 6) is 0.0360. The average Bonchev–Trinajstić information content (AvgIpc) is 3.04. The summed E-state index contributed by atoms with van der Waals surface area (Å²) in [6.45, 7) is 11.6. The van der Waals surface area contributed by atoms with Crippen LogP contribution in [-0.4, -0.2) is 55.7 Å². The molecule has 3 aliphatic rings. The van der Waals surface area contributed by atoms with E-state index in [1.165, 1.54) is 0 Å². The first-order valence-corrected chi connectivity index (χ1v) is 16.4. The summed E-state index contributed by atoms with van der Waals surface area (Å²) in [4.78, 5) is 45.5. The van der Waals surface area contributed by atoms with Crippen molar-refractivity contribution in [1.29, 1.82) is 0 Å². The molecule has 0 atom stereocenters. The van der Waals surface area contributed by atoms with Gasteiger partial charge in [0.15, 0.2) is 5.78 Å². The SMILES string of the molecule is CCN(c1cc(-c2ccc3c(c2)CCC2(CCOCC2)C3=O)cc(C(=O)NCc2c(C)cc(C)[nH]c2=O)c1C)C1CCOCC1. The van der Waals surface area contributed by atoms with Crippen LogP contribution in [0, 0.1) is 26.2 Å². The smallest absolute Gasteiger partial charge is 0.253 e. The van der Waals surface area contributed by atoms with Crippen molar-refractivity contribution in [2.24, 2.45) is 5.41 Å². The summed E-state index contributed by atoms with van der Waals surface area (Å²) in [6, 6.07) is 12.6. The number of anilines is 1. The van der Waals surface area contributed by atoms with Gasteiger partial charge in [-0.25, -0.2) is 0 Å². The molecule has 2 aromatic carbocycles. The fourth-order valence-electron chi connectivity index (χ4n) is 7.60. The lowest BCUT2D eigenvalue weighted by molar-refractivity contribution is 0.0117. The third-order valence-corrected chi connectivity index (χ3v) is 10.3. The van der Waals surface area contributed by atoms with Gasteiger partial charge in [-0.05, 0) is 112 Å². The lowest BCUT2D eigenvalue weighted by Crippen LogP contribution is -2.40. The van der Waals surface area contributed by atoms with Crippen LogP contribution in [0.5, 0.6) is 0 Å². The summed E-state index contributed by atoms with van der Waals surface area (Å²) >= 11 is 0. The Morgan fingerprint density at radius 1 is 0.956 bits per heavy atom. The highest BCUT2D eigenvalue weighted by Gasteiger charge is 2.43. The minimum absolute atomic E-state index is 0.143. The fourth-order valence-corrected chi connectivity index (χ4v) is 7.60. The Morgan fingerprint density at radius 2 is 1.69 bits per heavy atom. The Hall–Kier alpha value is -3.75. The Balaban J connectivity index is 1.37. The number of hydrogen-bond donors (Lipinski definition) is 2. The summed E-state index contributed by atoms with van der Waals surface area (Å²) in [6.07, 6.45) is 5.15. The zero-order valence-corrected chi connectivity index (χ0v) is 27.0. The Bertz CT molecular complexity index is 1660. The molecular formula is C37H45N3O5. The maximum Gasteiger partial charge on any atom is 0.253 e. The molecule has 2 fully saturated rings.